The second-order valence-corrected chi connectivity index (χ2v) is 7.10. The van der Waals surface area contributed by atoms with Gasteiger partial charge in [0.25, 0.3) is 0 Å². The Morgan fingerprint density at radius 2 is 2.04 bits per heavy atom. The molecule has 136 valence electrons. The first kappa shape index (κ1) is 19.1. The van der Waals surface area contributed by atoms with Crippen LogP contribution in [0.3, 0.4) is 0 Å². The van der Waals surface area contributed by atoms with Crippen molar-refractivity contribution in [2.45, 2.75) is 39.8 Å². The summed E-state index contributed by atoms with van der Waals surface area (Å²) in [6, 6.07) is 1.54. The van der Waals surface area contributed by atoms with Crippen LogP contribution < -0.4 is 0 Å². The zero-order valence-corrected chi connectivity index (χ0v) is 15.8. The van der Waals surface area contributed by atoms with Crippen LogP contribution in [0.4, 0.5) is 9.18 Å². The lowest BCUT2D eigenvalue weighted by Gasteiger charge is -2.24. The highest BCUT2D eigenvalue weighted by molar-refractivity contribution is 6.29. The van der Waals surface area contributed by atoms with Crippen molar-refractivity contribution in [3.63, 3.8) is 0 Å². The predicted molar refractivity (Wildman–Crippen MR) is 91.6 cm³/mol. The van der Waals surface area contributed by atoms with E-state index in [-0.39, 0.29) is 17.3 Å². The van der Waals surface area contributed by atoms with E-state index in [1.165, 1.54) is 9.70 Å². The lowest BCUT2D eigenvalue weighted by atomic mass is 10.1. The third kappa shape index (κ3) is 4.66. The molecule has 0 aliphatic carbocycles. The average molecular weight is 370 g/mol. The Balaban J connectivity index is 2.35. The first-order chi connectivity index (χ1) is 11.5. The van der Waals surface area contributed by atoms with Crippen LogP contribution in [0.1, 0.15) is 32.2 Å². The van der Waals surface area contributed by atoms with Gasteiger partial charge in [0.15, 0.2) is 11.0 Å². The molecular weight excluding hydrogens is 349 g/mol. The fourth-order valence-electron chi connectivity index (χ4n) is 2.18. The second kappa shape index (κ2) is 6.95. The van der Waals surface area contributed by atoms with Gasteiger partial charge in [-0.2, -0.15) is 15.0 Å². The summed E-state index contributed by atoms with van der Waals surface area (Å²) in [6.45, 7) is 7.16. The number of hydrogen-bond acceptors (Lipinski definition) is 5. The van der Waals surface area contributed by atoms with Gasteiger partial charge >= 0.3 is 6.09 Å². The van der Waals surface area contributed by atoms with Crippen LogP contribution in [0.5, 0.6) is 0 Å². The van der Waals surface area contributed by atoms with E-state index in [0.29, 0.717) is 17.1 Å². The molecule has 0 spiro atoms. The summed E-state index contributed by atoms with van der Waals surface area (Å²) in [5, 5.41) is 8.21. The van der Waals surface area contributed by atoms with E-state index in [1.807, 2.05) is 0 Å². The Morgan fingerprint density at radius 3 is 2.64 bits per heavy atom. The minimum atomic E-state index is -0.672. The number of pyridine rings is 1. The van der Waals surface area contributed by atoms with Crippen LogP contribution in [0, 0.1) is 12.7 Å². The molecule has 0 atom stereocenters. The Labute approximate surface area is 150 Å². The number of halogens is 2. The van der Waals surface area contributed by atoms with Gasteiger partial charge in [-0.25, -0.2) is 14.2 Å². The molecule has 1 amide bonds. The molecule has 0 unspecified atom stereocenters. The lowest BCUT2D eigenvalue weighted by Crippen LogP contribution is -2.34. The van der Waals surface area contributed by atoms with Crippen LogP contribution in [-0.4, -0.2) is 43.6 Å². The molecule has 0 aromatic carbocycles. The molecule has 2 rings (SSSR count). The van der Waals surface area contributed by atoms with E-state index in [2.05, 4.69) is 15.2 Å². The molecule has 2 aromatic rings. The number of hydrogen-bond donors (Lipinski definition) is 0. The molecular formula is C16H21ClFN5O2. The highest BCUT2D eigenvalue weighted by Gasteiger charge is 2.24. The van der Waals surface area contributed by atoms with Crippen molar-refractivity contribution in [3.05, 3.63) is 28.4 Å². The maximum Gasteiger partial charge on any atom is 0.410 e. The van der Waals surface area contributed by atoms with E-state index in [9.17, 15) is 9.18 Å². The summed E-state index contributed by atoms with van der Waals surface area (Å²) in [5.41, 5.74) is 0.870. The second-order valence-electron chi connectivity index (χ2n) is 6.74. The quantitative estimate of drug-likeness (QED) is 0.776. The zero-order valence-electron chi connectivity index (χ0n) is 15.1. The molecule has 0 saturated carbocycles. The number of amides is 1. The van der Waals surface area contributed by atoms with Crippen molar-refractivity contribution in [2.75, 3.05) is 7.05 Å². The van der Waals surface area contributed by atoms with E-state index in [1.54, 1.807) is 47.9 Å². The van der Waals surface area contributed by atoms with Crippen LogP contribution in [0.15, 0.2) is 6.07 Å². The summed E-state index contributed by atoms with van der Waals surface area (Å²) in [4.78, 5) is 18.7. The Bertz CT molecular complexity index is 801. The minimum Gasteiger partial charge on any atom is -0.444 e. The van der Waals surface area contributed by atoms with E-state index in [0.717, 1.165) is 0 Å². The summed E-state index contributed by atoms with van der Waals surface area (Å²) in [7, 11) is 3.20. The topological polar surface area (TPSA) is 73.1 Å². The third-order valence-corrected chi connectivity index (χ3v) is 3.43. The summed E-state index contributed by atoms with van der Waals surface area (Å²) < 4.78 is 19.7. The largest absolute Gasteiger partial charge is 0.444 e. The fraction of sp³-hybridized carbons (Fsp3) is 0.500. The van der Waals surface area contributed by atoms with Gasteiger partial charge < -0.3 is 9.64 Å². The molecule has 2 aromatic heterocycles. The molecule has 0 radical (unpaired) electrons. The van der Waals surface area contributed by atoms with Crippen molar-refractivity contribution in [3.8, 4) is 11.3 Å². The van der Waals surface area contributed by atoms with E-state index in [4.69, 9.17) is 16.3 Å². The normalized spacial score (nSPS) is 11.5. The van der Waals surface area contributed by atoms with Crippen molar-refractivity contribution in [1.82, 2.24) is 24.9 Å². The van der Waals surface area contributed by atoms with Gasteiger partial charge in [-0.3, -0.25) is 0 Å². The maximum atomic E-state index is 14.4. The molecule has 2 heterocycles. The SMILES string of the molecule is Cc1cc(-c2nn(C)nc2CN(C)C(=O)OC(C)(C)C)c(F)c(Cl)n1. The number of aryl methyl sites for hydroxylation is 2. The number of nitrogens with zero attached hydrogens (tertiary/aromatic N) is 5. The molecule has 0 aliphatic heterocycles. The minimum absolute atomic E-state index is 0.108. The zero-order chi connectivity index (χ0) is 18.9. The lowest BCUT2D eigenvalue weighted by molar-refractivity contribution is 0.0283. The smallest absolute Gasteiger partial charge is 0.410 e. The fourth-order valence-corrected chi connectivity index (χ4v) is 2.42. The predicted octanol–water partition coefficient (Wildman–Crippen LogP) is 3.34. The Hall–Kier alpha value is -2.22. The molecule has 9 heteroatoms. The molecule has 7 nitrogen and oxygen atoms in total. The van der Waals surface area contributed by atoms with Gasteiger partial charge in [0.1, 0.15) is 17.0 Å². The average Bonchev–Trinajstić information content (AvgIpc) is 2.81. The van der Waals surface area contributed by atoms with Gasteiger partial charge in [0.2, 0.25) is 0 Å². The molecule has 25 heavy (non-hydrogen) atoms. The van der Waals surface area contributed by atoms with Gasteiger partial charge in [0.05, 0.1) is 6.54 Å². The first-order valence-electron chi connectivity index (χ1n) is 7.65. The van der Waals surface area contributed by atoms with Crippen molar-refractivity contribution in [2.24, 2.45) is 7.05 Å². The highest BCUT2D eigenvalue weighted by Crippen LogP contribution is 2.28. The molecule has 0 aliphatic rings. The number of carbonyl (C=O) groups excluding carboxylic acids is 1. The monoisotopic (exact) mass is 369 g/mol. The van der Waals surface area contributed by atoms with Crippen LogP contribution >= 0.6 is 11.6 Å². The maximum absolute atomic E-state index is 14.4. The Kier molecular flexibility index (Phi) is 5.31. The highest BCUT2D eigenvalue weighted by atomic mass is 35.5. The van der Waals surface area contributed by atoms with Crippen molar-refractivity contribution < 1.29 is 13.9 Å². The number of rotatable bonds is 3. The van der Waals surface area contributed by atoms with Crippen molar-refractivity contribution in [1.29, 1.82) is 0 Å². The Morgan fingerprint density at radius 1 is 1.40 bits per heavy atom. The van der Waals surface area contributed by atoms with Crippen LogP contribution in [0.2, 0.25) is 5.15 Å². The number of ether oxygens (including phenoxy) is 1. The third-order valence-electron chi connectivity index (χ3n) is 3.18. The van der Waals surface area contributed by atoms with Gasteiger partial charge in [-0.1, -0.05) is 11.6 Å². The van der Waals surface area contributed by atoms with Crippen LogP contribution in [-0.2, 0) is 18.3 Å². The number of carbonyl (C=O) groups is 1. The van der Waals surface area contributed by atoms with Gasteiger partial charge in [-0.05, 0) is 33.8 Å². The summed E-state index contributed by atoms with van der Waals surface area (Å²) >= 11 is 5.83. The summed E-state index contributed by atoms with van der Waals surface area (Å²) in [5.74, 6) is -0.672. The standard InChI is InChI=1S/C16H21ClFN5O2/c1-9-7-10(12(18)14(17)19-9)13-11(20-23(6)21-13)8-22(5)15(24)25-16(2,3)4/h7H,8H2,1-6H3. The van der Waals surface area contributed by atoms with E-state index >= 15 is 0 Å². The van der Waals surface area contributed by atoms with Crippen molar-refractivity contribution >= 4 is 17.7 Å². The van der Waals surface area contributed by atoms with Gasteiger partial charge in [0, 0.05) is 25.4 Å². The first-order valence-corrected chi connectivity index (χ1v) is 8.03. The number of aromatic nitrogens is 4. The van der Waals surface area contributed by atoms with Crippen LogP contribution in [0.25, 0.3) is 11.3 Å². The molecule has 0 fully saturated rings. The molecule has 0 saturated heterocycles. The summed E-state index contributed by atoms with van der Waals surface area (Å²) in [6.07, 6.45) is -0.506. The molecule has 0 bridgehead atoms. The molecule has 0 N–H and O–H groups in total. The van der Waals surface area contributed by atoms with E-state index < -0.39 is 17.5 Å². The van der Waals surface area contributed by atoms with Gasteiger partial charge in [-0.15, -0.1) is 0 Å².